The molecule has 1 aromatic rings. The number of carbonyl (C=O) groups is 1. The van der Waals surface area contributed by atoms with Crippen LogP contribution < -0.4 is 5.32 Å². The molecule has 18 heavy (non-hydrogen) atoms. The van der Waals surface area contributed by atoms with Gasteiger partial charge in [-0.3, -0.25) is 4.79 Å². The minimum Gasteiger partial charge on any atom is -0.355 e. The first-order chi connectivity index (χ1) is 8.77. The highest BCUT2D eigenvalue weighted by Crippen LogP contribution is 2.19. The predicted molar refractivity (Wildman–Crippen MR) is 74.3 cm³/mol. The molecule has 1 aromatic carbocycles. The third-order valence-electron chi connectivity index (χ3n) is 3.59. The second-order valence-corrected chi connectivity index (χ2v) is 5.04. The first kappa shape index (κ1) is 12.9. The lowest BCUT2D eigenvalue weighted by Crippen LogP contribution is -2.33. The normalized spacial score (nSPS) is 20.4. The second kappa shape index (κ2) is 6.39. The van der Waals surface area contributed by atoms with Crippen molar-refractivity contribution in [3.63, 3.8) is 0 Å². The molecule has 96 valence electrons. The second-order valence-electron chi connectivity index (χ2n) is 5.04. The SMILES string of the molecule is C[C@H](CNC(=O)[C@H]1CC=CCC1)c1ccccc1. The minimum absolute atomic E-state index is 0.179. The number of allylic oxidation sites excluding steroid dienone is 2. The van der Waals surface area contributed by atoms with Crippen molar-refractivity contribution in [3.05, 3.63) is 48.0 Å². The van der Waals surface area contributed by atoms with Crippen LogP contribution in [0.5, 0.6) is 0 Å². The molecule has 0 fully saturated rings. The third-order valence-corrected chi connectivity index (χ3v) is 3.59. The van der Waals surface area contributed by atoms with Crippen molar-refractivity contribution in [2.75, 3.05) is 6.54 Å². The van der Waals surface area contributed by atoms with Crippen LogP contribution >= 0.6 is 0 Å². The lowest BCUT2D eigenvalue weighted by Gasteiger charge is -2.19. The number of rotatable bonds is 4. The zero-order valence-electron chi connectivity index (χ0n) is 10.9. The predicted octanol–water partition coefficient (Wildman–Crippen LogP) is 3.26. The van der Waals surface area contributed by atoms with Gasteiger partial charge in [0.25, 0.3) is 0 Å². The molecule has 2 nitrogen and oxygen atoms in total. The van der Waals surface area contributed by atoms with Crippen LogP contribution in [-0.2, 0) is 4.79 Å². The highest BCUT2D eigenvalue weighted by molar-refractivity contribution is 5.79. The smallest absolute Gasteiger partial charge is 0.223 e. The van der Waals surface area contributed by atoms with Gasteiger partial charge in [0.1, 0.15) is 0 Å². The Bertz CT molecular complexity index is 410. The average molecular weight is 243 g/mol. The summed E-state index contributed by atoms with van der Waals surface area (Å²) < 4.78 is 0. The Balaban J connectivity index is 1.80. The summed E-state index contributed by atoms with van der Waals surface area (Å²) in [5, 5.41) is 3.08. The fourth-order valence-electron chi connectivity index (χ4n) is 2.33. The fraction of sp³-hybridized carbons (Fsp3) is 0.438. The third kappa shape index (κ3) is 3.46. The molecule has 0 aliphatic heterocycles. The van der Waals surface area contributed by atoms with E-state index in [1.807, 2.05) is 18.2 Å². The summed E-state index contributed by atoms with van der Waals surface area (Å²) in [5.41, 5.74) is 1.28. The average Bonchev–Trinajstić information content (AvgIpc) is 2.46. The molecule has 1 aliphatic carbocycles. The van der Waals surface area contributed by atoms with Crippen LogP contribution in [0.15, 0.2) is 42.5 Å². The molecule has 2 rings (SSSR count). The van der Waals surface area contributed by atoms with E-state index in [1.165, 1.54) is 5.56 Å². The molecule has 0 saturated heterocycles. The topological polar surface area (TPSA) is 29.1 Å². The van der Waals surface area contributed by atoms with Crippen molar-refractivity contribution in [2.45, 2.75) is 32.1 Å². The van der Waals surface area contributed by atoms with Crippen LogP contribution in [0.3, 0.4) is 0 Å². The Morgan fingerprint density at radius 3 is 2.78 bits per heavy atom. The van der Waals surface area contributed by atoms with Crippen molar-refractivity contribution in [3.8, 4) is 0 Å². The van der Waals surface area contributed by atoms with Gasteiger partial charge in [0.2, 0.25) is 5.91 Å². The minimum atomic E-state index is 0.179. The van der Waals surface area contributed by atoms with Crippen LogP contribution in [0.2, 0.25) is 0 Å². The molecule has 0 bridgehead atoms. The van der Waals surface area contributed by atoms with Crippen LogP contribution in [0.25, 0.3) is 0 Å². The number of benzene rings is 1. The summed E-state index contributed by atoms with van der Waals surface area (Å²) in [6.45, 7) is 2.87. The van der Waals surface area contributed by atoms with Gasteiger partial charge in [-0.05, 0) is 30.7 Å². The maximum Gasteiger partial charge on any atom is 0.223 e. The summed E-state index contributed by atoms with van der Waals surface area (Å²) in [5.74, 6) is 0.759. The first-order valence-electron chi connectivity index (χ1n) is 6.75. The molecule has 0 radical (unpaired) electrons. The highest BCUT2D eigenvalue weighted by Gasteiger charge is 2.18. The molecule has 1 aliphatic rings. The van der Waals surface area contributed by atoms with Gasteiger partial charge in [0.05, 0.1) is 0 Å². The van der Waals surface area contributed by atoms with Crippen LogP contribution in [0, 0.1) is 5.92 Å². The van der Waals surface area contributed by atoms with E-state index in [9.17, 15) is 4.79 Å². The maximum absolute atomic E-state index is 12.0. The quantitative estimate of drug-likeness (QED) is 0.808. The Morgan fingerprint density at radius 1 is 1.33 bits per heavy atom. The molecule has 0 saturated carbocycles. The summed E-state index contributed by atoms with van der Waals surface area (Å²) >= 11 is 0. The molecule has 1 amide bonds. The van der Waals surface area contributed by atoms with E-state index in [-0.39, 0.29) is 11.8 Å². The lowest BCUT2D eigenvalue weighted by atomic mass is 9.93. The zero-order chi connectivity index (χ0) is 12.8. The molecule has 0 unspecified atom stereocenters. The first-order valence-corrected chi connectivity index (χ1v) is 6.75. The molecular formula is C16H21NO. The summed E-state index contributed by atoms with van der Waals surface area (Å²) in [7, 11) is 0. The van der Waals surface area contributed by atoms with Gasteiger partial charge in [-0.1, -0.05) is 49.4 Å². The van der Waals surface area contributed by atoms with Gasteiger partial charge in [-0.15, -0.1) is 0 Å². The molecule has 0 spiro atoms. The summed E-state index contributed by atoms with van der Waals surface area (Å²) in [4.78, 5) is 12.0. The van der Waals surface area contributed by atoms with E-state index in [1.54, 1.807) is 0 Å². The monoisotopic (exact) mass is 243 g/mol. The van der Waals surface area contributed by atoms with Gasteiger partial charge < -0.3 is 5.32 Å². The standard InChI is InChI=1S/C16H21NO/c1-13(14-8-4-2-5-9-14)12-17-16(18)15-10-6-3-7-11-15/h2-6,8-9,13,15H,7,10-12H2,1H3,(H,17,18)/t13-,15+/m1/s1. The van der Waals surface area contributed by atoms with E-state index in [4.69, 9.17) is 0 Å². The van der Waals surface area contributed by atoms with E-state index in [0.717, 1.165) is 25.8 Å². The van der Waals surface area contributed by atoms with Gasteiger partial charge in [-0.2, -0.15) is 0 Å². The largest absolute Gasteiger partial charge is 0.355 e. The Morgan fingerprint density at radius 2 is 2.11 bits per heavy atom. The van der Waals surface area contributed by atoms with E-state index in [0.29, 0.717) is 5.92 Å². The highest BCUT2D eigenvalue weighted by atomic mass is 16.1. The van der Waals surface area contributed by atoms with E-state index < -0.39 is 0 Å². The van der Waals surface area contributed by atoms with Crippen LogP contribution in [-0.4, -0.2) is 12.5 Å². The maximum atomic E-state index is 12.0. The number of amides is 1. The van der Waals surface area contributed by atoms with E-state index in [2.05, 4.69) is 36.5 Å². The van der Waals surface area contributed by atoms with Crippen molar-refractivity contribution < 1.29 is 4.79 Å². The van der Waals surface area contributed by atoms with Crippen molar-refractivity contribution in [2.24, 2.45) is 5.92 Å². The van der Waals surface area contributed by atoms with Crippen molar-refractivity contribution in [1.82, 2.24) is 5.32 Å². The van der Waals surface area contributed by atoms with Crippen molar-refractivity contribution >= 4 is 5.91 Å². The molecule has 2 atom stereocenters. The Kier molecular flexibility index (Phi) is 4.57. The van der Waals surface area contributed by atoms with Gasteiger partial charge in [0.15, 0.2) is 0 Å². The van der Waals surface area contributed by atoms with Crippen LogP contribution in [0.1, 0.15) is 37.7 Å². The number of hydrogen-bond donors (Lipinski definition) is 1. The summed E-state index contributed by atoms with van der Waals surface area (Å²) in [6, 6.07) is 10.3. The summed E-state index contributed by atoms with van der Waals surface area (Å²) in [6.07, 6.45) is 7.20. The number of nitrogens with one attached hydrogen (secondary N) is 1. The molecule has 1 N–H and O–H groups in total. The van der Waals surface area contributed by atoms with Gasteiger partial charge >= 0.3 is 0 Å². The van der Waals surface area contributed by atoms with Gasteiger partial charge in [0, 0.05) is 12.5 Å². The van der Waals surface area contributed by atoms with Crippen LogP contribution in [0.4, 0.5) is 0 Å². The Labute approximate surface area is 109 Å². The molecule has 0 heterocycles. The fourth-order valence-corrected chi connectivity index (χ4v) is 2.33. The number of hydrogen-bond acceptors (Lipinski definition) is 1. The van der Waals surface area contributed by atoms with E-state index >= 15 is 0 Å². The van der Waals surface area contributed by atoms with Gasteiger partial charge in [-0.25, -0.2) is 0 Å². The molecular weight excluding hydrogens is 222 g/mol. The molecule has 0 aromatic heterocycles. The lowest BCUT2D eigenvalue weighted by molar-refractivity contribution is -0.125. The van der Waals surface area contributed by atoms with Crippen molar-refractivity contribution in [1.29, 1.82) is 0 Å². The molecule has 2 heteroatoms. The Hall–Kier alpha value is -1.57. The zero-order valence-corrected chi connectivity index (χ0v) is 10.9. The number of carbonyl (C=O) groups excluding carboxylic acids is 1.